The molecular formula is C23H21FN4O. The molecular weight excluding hydrogens is 367 g/mol. The van der Waals surface area contributed by atoms with Crippen LogP contribution in [0.5, 0.6) is 0 Å². The summed E-state index contributed by atoms with van der Waals surface area (Å²) < 4.78 is 13.3. The number of fused-ring (bicyclic) bond motifs is 1. The molecule has 29 heavy (non-hydrogen) atoms. The number of hydrogen-bond donors (Lipinski definition) is 1. The Hall–Kier alpha value is -3.54. The first-order valence-electron chi connectivity index (χ1n) is 9.66. The Morgan fingerprint density at radius 3 is 2.55 bits per heavy atom. The van der Waals surface area contributed by atoms with E-state index in [0.29, 0.717) is 11.2 Å². The number of nitrogens with zero attached hydrogens (tertiary/aromatic N) is 3. The van der Waals surface area contributed by atoms with Gasteiger partial charge in [0.1, 0.15) is 16.9 Å². The largest absolute Gasteiger partial charge is 0.322 e. The van der Waals surface area contributed by atoms with Crippen molar-refractivity contribution in [2.75, 3.05) is 5.32 Å². The lowest BCUT2D eigenvalue weighted by Crippen LogP contribution is -2.11. The lowest BCUT2D eigenvalue weighted by atomic mass is 10.1. The molecule has 146 valence electrons. The lowest BCUT2D eigenvalue weighted by Gasteiger charge is -2.04. The summed E-state index contributed by atoms with van der Waals surface area (Å²) in [6, 6.07) is 19.1. The van der Waals surface area contributed by atoms with Crippen LogP contribution in [-0.4, -0.2) is 20.9 Å². The molecule has 1 N–H and O–H groups in total. The van der Waals surface area contributed by atoms with E-state index >= 15 is 0 Å². The first kappa shape index (κ1) is 18.8. The highest BCUT2D eigenvalue weighted by atomic mass is 19.1. The molecule has 6 heteroatoms. The van der Waals surface area contributed by atoms with Crippen LogP contribution in [0.1, 0.15) is 35.7 Å². The molecule has 4 rings (SSSR count). The van der Waals surface area contributed by atoms with Crippen molar-refractivity contribution in [3.05, 3.63) is 83.7 Å². The maximum Gasteiger partial charge on any atom is 0.255 e. The van der Waals surface area contributed by atoms with Gasteiger partial charge in [0, 0.05) is 11.3 Å². The van der Waals surface area contributed by atoms with Gasteiger partial charge in [-0.1, -0.05) is 31.5 Å². The molecule has 5 nitrogen and oxygen atoms in total. The molecule has 1 amide bonds. The van der Waals surface area contributed by atoms with Gasteiger partial charge in [0.25, 0.3) is 5.91 Å². The van der Waals surface area contributed by atoms with Crippen molar-refractivity contribution in [3.63, 3.8) is 0 Å². The Morgan fingerprint density at radius 1 is 1.00 bits per heavy atom. The van der Waals surface area contributed by atoms with Gasteiger partial charge in [0.2, 0.25) is 0 Å². The molecule has 0 aliphatic carbocycles. The van der Waals surface area contributed by atoms with Crippen molar-refractivity contribution < 1.29 is 9.18 Å². The number of aryl methyl sites for hydroxylation is 1. The molecule has 0 saturated carbocycles. The zero-order valence-electron chi connectivity index (χ0n) is 16.1. The van der Waals surface area contributed by atoms with Crippen LogP contribution in [0, 0.1) is 5.82 Å². The number of amides is 1. The standard InChI is InChI=1S/C23H21FN4O/c1-2-3-5-16-8-11-20(12-9-16)28-26-21-13-10-19(15-22(21)27-28)25-23(29)17-6-4-7-18(24)14-17/h4,6-15H,2-3,5H2,1H3,(H,25,29). The average Bonchev–Trinajstić information content (AvgIpc) is 3.16. The number of carbonyl (C=O) groups excluding carboxylic acids is 1. The first-order valence-corrected chi connectivity index (χ1v) is 9.66. The molecule has 4 aromatic rings. The summed E-state index contributed by atoms with van der Waals surface area (Å²) in [7, 11) is 0. The summed E-state index contributed by atoms with van der Waals surface area (Å²) in [6.07, 6.45) is 3.42. The fourth-order valence-corrected chi connectivity index (χ4v) is 3.12. The van der Waals surface area contributed by atoms with Crippen molar-refractivity contribution in [2.24, 2.45) is 0 Å². The Kier molecular flexibility index (Phi) is 5.33. The predicted octanol–water partition coefficient (Wildman–Crippen LogP) is 5.15. The van der Waals surface area contributed by atoms with Crippen molar-refractivity contribution in [2.45, 2.75) is 26.2 Å². The van der Waals surface area contributed by atoms with E-state index in [1.54, 1.807) is 29.1 Å². The van der Waals surface area contributed by atoms with E-state index in [1.807, 2.05) is 12.1 Å². The van der Waals surface area contributed by atoms with Crippen molar-refractivity contribution in [3.8, 4) is 5.69 Å². The van der Waals surface area contributed by atoms with Crippen LogP contribution in [0.4, 0.5) is 10.1 Å². The second-order valence-electron chi connectivity index (χ2n) is 6.93. The second kappa shape index (κ2) is 8.22. The number of anilines is 1. The quantitative estimate of drug-likeness (QED) is 0.497. The maximum absolute atomic E-state index is 13.3. The molecule has 0 fully saturated rings. The zero-order chi connectivity index (χ0) is 20.2. The molecule has 3 aromatic carbocycles. The van der Waals surface area contributed by atoms with Gasteiger partial charge >= 0.3 is 0 Å². The zero-order valence-corrected chi connectivity index (χ0v) is 16.1. The smallest absolute Gasteiger partial charge is 0.255 e. The molecule has 0 bridgehead atoms. The maximum atomic E-state index is 13.3. The summed E-state index contributed by atoms with van der Waals surface area (Å²) in [5.41, 5.74) is 4.41. The fraction of sp³-hybridized carbons (Fsp3) is 0.174. The fourth-order valence-electron chi connectivity index (χ4n) is 3.12. The third-order valence-electron chi connectivity index (χ3n) is 4.71. The average molecular weight is 388 g/mol. The molecule has 0 saturated heterocycles. The van der Waals surface area contributed by atoms with E-state index in [1.165, 1.54) is 36.6 Å². The third kappa shape index (κ3) is 4.32. The topological polar surface area (TPSA) is 59.8 Å². The van der Waals surface area contributed by atoms with Crippen LogP contribution in [0.3, 0.4) is 0 Å². The summed E-state index contributed by atoms with van der Waals surface area (Å²) in [4.78, 5) is 13.9. The number of carbonyl (C=O) groups is 1. The summed E-state index contributed by atoms with van der Waals surface area (Å²) in [6.45, 7) is 2.18. The van der Waals surface area contributed by atoms with Gasteiger partial charge < -0.3 is 5.32 Å². The first-order chi connectivity index (χ1) is 14.1. The van der Waals surface area contributed by atoms with Crippen molar-refractivity contribution in [1.82, 2.24) is 15.0 Å². The van der Waals surface area contributed by atoms with Gasteiger partial charge in [0.15, 0.2) is 0 Å². The molecule has 0 unspecified atom stereocenters. The molecule has 1 heterocycles. The molecule has 0 atom stereocenters. The molecule has 0 spiro atoms. The highest BCUT2D eigenvalue weighted by Crippen LogP contribution is 2.19. The van der Waals surface area contributed by atoms with Gasteiger partial charge in [-0.3, -0.25) is 4.79 Å². The summed E-state index contributed by atoms with van der Waals surface area (Å²) >= 11 is 0. The van der Waals surface area contributed by atoms with Gasteiger partial charge in [-0.05, 0) is 66.9 Å². The van der Waals surface area contributed by atoms with Gasteiger partial charge in [-0.2, -0.15) is 4.80 Å². The van der Waals surface area contributed by atoms with Crippen LogP contribution >= 0.6 is 0 Å². The number of benzene rings is 3. The molecule has 0 aliphatic rings. The normalized spacial score (nSPS) is 11.0. The molecule has 0 radical (unpaired) electrons. The molecule has 0 aliphatic heterocycles. The van der Waals surface area contributed by atoms with Crippen LogP contribution in [0.25, 0.3) is 16.7 Å². The van der Waals surface area contributed by atoms with Crippen LogP contribution < -0.4 is 5.32 Å². The van der Waals surface area contributed by atoms with E-state index in [4.69, 9.17) is 0 Å². The van der Waals surface area contributed by atoms with Gasteiger partial charge in [-0.25, -0.2) is 4.39 Å². The number of halogens is 1. The Bertz CT molecular complexity index is 1150. The number of hydrogen-bond acceptors (Lipinski definition) is 3. The van der Waals surface area contributed by atoms with E-state index in [2.05, 4.69) is 34.6 Å². The number of rotatable bonds is 6. The van der Waals surface area contributed by atoms with Crippen molar-refractivity contribution in [1.29, 1.82) is 0 Å². The Labute approximate surface area is 168 Å². The number of aromatic nitrogens is 3. The number of unbranched alkanes of at least 4 members (excludes halogenated alkanes) is 1. The lowest BCUT2D eigenvalue weighted by molar-refractivity contribution is 0.102. The minimum absolute atomic E-state index is 0.261. The molecule has 1 aromatic heterocycles. The van der Waals surface area contributed by atoms with E-state index in [-0.39, 0.29) is 11.5 Å². The van der Waals surface area contributed by atoms with Crippen molar-refractivity contribution >= 4 is 22.6 Å². The Morgan fingerprint density at radius 2 is 1.79 bits per heavy atom. The summed E-state index contributed by atoms with van der Waals surface area (Å²) in [5.74, 6) is -0.823. The van der Waals surface area contributed by atoms with Gasteiger partial charge in [0.05, 0.1) is 5.69 Å². The second-order valence-corrected chi connectivity index (χ2v) is 6.93. The third-order valence-corrected chi connectivity index (χ3v) is 4.71. The number of nitrogens with one attached hydrogen (secondary N) is 1. The van der Waals surface area contributed by atoms with E-state index in [0.717, 1.165) is 17.6 Å². The Balaban J connectivity index is 1.54. The highest BCUT2D eigenvalue weighted by molar-refractivity contribution is 6.04. The van der Waals surface area contributed by atoms with E-state index < -0.39 is 5.82 Å². The van der Waals surface area contributed by atoms with E-state index in [9.17, 15) is 9.18 Å². The van der Waals surface area contributed by atoms with Crippen LogP contribution in [0.15, 0.2) is 66.7 Å². The van der Waals surface area contributed by atoms with Crippen LogP contribution in [-0.2, 0) is 6.42 Å². The van der Waals surface area contributed by atoms with Crippen LogP contribution in [0.2, 0.25) is 0 Å². The SMILES string of the molecule is CCCCc1ccc(-n2nc3ccc(NC(=O)c4cccc(F)c4)cc3n2)cc1. The highest BCUT2D eigenvalue weighted by Gasteiger charge is 2.10. The minimum Gasteiger partial charge on any atom is -0.322 e. The minimum atomic E-state index is -0.447. The summed E-state index contributed by atoms with van der Waals surface area (Å²) in [5, 5.41) is 11.8. The predicted molar refractivity (Wildman–Crippen MR) is 112 cm³/mol. The van der Waals surface area contributed by atoms with Gasteiger partial charge in [-0.15, -0.1) is 10.2 Å². The monoisotopic (exact) mass is 388 g/mol.